The molecule has 1 aromatic rings. The van der Waals surface area contributed by atoms with Crippen molar-refractivity contribution in [3.8, 4) is 5.75 Å². The van der Waals surface area contributed by atoms with Gasteiger partial charge in [0.15, 0.2) is 0 Å². The van der Waals surface area contributed by atoms with Crippen LogP contribution >= 0.6 is 0 Å². The van der Waals surface area contributed by atoms with Gasteiger partial charge in [0, 0.05) is 0 Å². The Hall–Kier alpha value is -1.06. The van der Waals surface area contributed by atoms with Crippen LogP contribution in [-0.2, 0) is 0 Å². The number of aryl methyl sites for hydroxylation is 1. The first-order valence-electron chi connectivity index (χ1n) is 4.27. The minimum Gasteiger partial charge on any atom is -0.489 e. The highest BCUT2D eigenvalue weighted by Crippen LogP contribution is 2.11. The zero-order valence-corrected chi connectivity index (χ0v) is 7.95. The summed E-state index contributed by atoms with van der Waals surface area (Å²) in [4.78, 5) is 0. The maximum Gasteiger partial charge on any atom is 0.139 e. The van der Waals surface area contributed by atoms with E-state index in [1.54, 1.807) is 7.05 Å². The van der Waals surface area contributed by atoms with Crippen molar-refractivity contribution in [2.75, 3.05) is 13.7 Å². The Morgan fingerprint density at radius 3 is 2.54 bits per heavy atom. The molecule has 1 unspecified atom stereocenters. The number of hydrogen-bond acceptors (Lipinski definition) is 3. The van der Waals surface area contributed by atoms with E-state index >= 15 is 0 Å². The van der Waals surface area contributed by atoms with Crippen molar-refractivity contribution >= 4 is 0 Å². The van der Waals surface area contributed by atoms with Crippen LogP contribution in [0.4, 0.5) is 0 Å². The third-order valence-electron chi connectivity index (χ3n) is 1.76. The van der Waals surface area contributed by atoms with Gasteiger partial charge < -0.3 is 9.84 Å². The van der Waals surface area contributed by atoms with E-state index in [2.05, 4.69) is 5.32 Å². The smallest absolute Gasteiger partial charge is 0.139 e. The molecule has 1 atom stereocenters. The molecule has 0 saturated heterocycles. The Balaban J connectivity index is 2.41. The Bertz CT molecular complexity index is 246. The molecule has 0 saturated carbocycles. The van der Waals surface area contributed by atoms with Crippen molar-refractivity contribution in [1.82, 2.24) is 5.32 Å². The average Bonchev–Trinajstić information content (AvgIpc) is 2.16. The summed E-state index contributed by atoms with van der Waals surface area (Å²) in [5.41, 5.74) is 1.20. The van der Waals surface area contributed by atoms with E-state index in [-0.39, 0.29) is 6.61 Å². The third-order valence-corrected chi connectivity index (χ3v) is 1.76. The van der Waals surface area contributed by atoms with Gasteiger partial charge in [-0.1, -0.05) is 17.7 Å². The average molecular weight is 181 g/mol. The molecule has 0 heterocycles. The molecular formula is C10H15NO2. The lowest BCUT2D eigenvalue weighted by Gasteiger charge is -2.10. The van der Waals surface area contributed by atoms with Crippen molar-refractivity contribution in [2.24, 2.45) is 0 Å². The molecule has 0 aliphatic rings. The second kappa shape index (κ2) is 4.84. The molecule has 72 valence electrons. The first-order chi connectivity index (χ1) is 6.22. The minimum absolute atomic E-state index is 0.263. The second-order valence-electron chi connectivity index (χ2n) is 2.93. The molecule has 0 aromatic heterocycles. The normalized spacial score (nSPS) is 12.5. The summed E-state index contributed by atoms with van der Waals surface area (Å²) in [6.07, 6.45) is -0.610. The van der Waals surface area contributed by atoms with Gasteiger partial charge >= 0.3 is 0 Å². The molecule has 1 rings (SSSR count). The highest BCUT2D eigenvalue weighted by Gasteiger charge is 2.00. The van der Waals surface area contributed by atoms with Gasteiger partial charge in [-0.05, 0) is 26.1 Å². The van der Waals surface area contributed by atoms with Gasteiger partial charge in [0.05, 0.1) is 0 Å². The van der Waals surface area contributed by atoms with Crippen LogP contribution in [0.2, 0.25) is 0 Å². The summed E-state index contributed by atoms with van der Waals surface area (Å²) in [5, 5.41) is 11.8. The standard InChI is InChI=1S/C10H15NO2/c1-8-3-5-9(6-4-8)13-7-10(12)11-2/h3-6,10-12H,7H2,1-2H3. The summed E-state index contributed by atoms with van der Waals surface area (Å²) < 4.78 is 5.30. The van der Waals surface area contributed by atoms with Gasteiger partial charge in [-0.3, -0.25) is 5.32 Å². The molecular weight excluding hydrogens is 166 g/mol. The predicted octanol–water partition coefficient (Wildman–Crippen LogP) is 0.912. The maximum atomic E-state index is 9.14. The van der Waals surface area contributed by atoms with Crippen LogP contribution in [0.3, 0.4) is 0 Å². The zero-order valence-electron chi connectivity index (χ0n) is 7.95. The van der Waals surface area contributed by atoms with Gasteiger partial charge in [-0.15, -0.1) is 0 Å². The van der Waals surface area contributed by atoms with Crippen molar-refractivity contribution in [3.63, 3.8) is 0 Å². The van der Waals surface area contributed by atoms with Gasteiger partial charge in [0.25, 0.3) is 0 Å². The monoisotopic (exact) mass is 181 g/mol. The summed E-state index contributed by atoms with van der Waals surface area (Å²) in [6.45, 7) is 2.28. The highest BCUT2D eigenvalue weighted by atomic mass is 16.5. The molecule has 13 heavy (non-hydrogen) atoms. The van der Waals surface area contributed by atoms with Crippen molar-refractivity contribution in [2.45, 2.75) is 13.2 Å². The van der Waals surface area contributed by atoms with Crippen LogP contribution in [0, 0.1) is 6.92 Å². The molecule has 0 aliphatic heterocycles. The largest absolute Gasteiger partial charge is 0.489 e. The van der Waals surface area contributed by atoms with E-state index in [4.69, 9.17) is 9.84 Å². The van der Waals surface area contributed by atoms with E-state index in [9.17, 15) is 0 Å². The molecule has 0 amide bonds. The lowest BCUT2D eigenvalue weighted by molar-refractivity contribution is 0.0859. The van der Waals surface area contributed by atoms with Crippen LogP contribution in [0.1, 0.15) is 5.56 Å². The summed E-state index contributed by atoms with van der Waals surface area (Å²) in [5.74, 6) is 0.778. The predicted molar refractivity (Wildman–Crippen MR) is 51.7 cm³/mol. The first kappa shape index (κ1) is 10.0. The van der Waals surface area contributed by atoms with Crippen molar-refractivity contribution in [1.29, 1.82) is 0 Å². The number of hydrogen-bond donors (Lipinski definition) is 2. The SMILES string of the molecule is CNC(O)COc1ccc(C)cc1. The van der Waals surface area contributed by atoms with Crippen molar-refractivity contribution in [3.05, 3.63) is 29.8 Å². The molecule has 0 radical (unpaired) electrons. The van der Waals surface area contributed by atoms with Gasteiger partial charge in [0.1, 0.15) is 18.6 Å². The van der Waals surface area contributed by atoms with Gasteiger partial charge in [-0.2, -0.15) is 0 Å². The number of rotatable bonds is 4. The third kappa shape index (κ3) is 3.44. The van der Waals surface area contributed by atoms with E-state index in [0.29, 0.717) is 0 Å². The molecule has 1 aromatic carbocycles. The Morgan fingerprint density at radius 2 is 2.00 bits per heavy atom. The van der Waals surface area contributed by atoms with E-state index in [0.717, 1.165) is 5.75 Å². The molecule has 3 heteroatoms. The minimum atomic E-state index is -0.610. The van der Waals surface area contributed by atoms with Gasteiger partial charge in [0.2, 0.25) is 0 Å². The summed E-state index contributed by atoms with van der Waals surface area (Å²) in [6, 6.07) is 7.72. The fourth-order valence-corrected chi connectivity index (χ4v) is 0.893. The van der Waals surface area contributed by atoms with Crippen LogP contribution in [0.25, 0.3) is 0 Å². The number of likely N-dealkylation sites (N-methyl/N-ethyl adjacent to an activating group) is 1. The number of aliphatic hydroxyl groups excluding tert-OH is 1. The number of ether oxygens (including phenoxy) is 1. The maximum absolute atomic E-state index is 9.14. The lowest BCUT2D eigenvalue weighted by atomic mass is 10.2. The number of nitrogens with one attached hydrogen (secondary N) is 1. The fourth-order valence-electron chi connectivity index (χ4n) is 0.893. The number of aliphatic hydroxyl groups is 1. The van der Waals surface area contributed by atoms with Crippen LogP contribution < -0.4 is 10.1 Å². The molecule has 2 N–H and O–H groups in total. The topological polar surface area (TPSA) is 41.5 Å². The van der Waals surface area contributed by atoms with E-state index < -0.39 is 6.23 Å². The second-order valence-corrected chi connectivity index (χ2v) is 2.93. The van der Waals surface area contributed by atoms with Crippen LogP contribution in [0.5, 0.6) is 5.75 Å². The summed E-state index contributed by atoms with van der Waals surface area (Å²) in [7, 11) is 1.68. The molecule has 0 aliphatic carbocycles. The fraction of sp³-hybridized carbons (Fsp3) is 0.400. The Kier molecular flexibility index (Phi) is 3.73. The van der Waals surface area contributed by atoms with Crippen molar-refractivity contribution < 1.29 is 9.84 Å². The van der Waals surface area contributed by atoms with Gasteiger partial charge in [-0.25, -0.2) is 0 Å². The first-order valence-corrected chi connectivity index (χ1v) is 4.27. The summed E-state index contributed by atoms with van der Waals surface area (Å²) >= 11 is 0. The highest BCUT2D eigenvalue weighted by molar-refractivity contribution is 5.26. The quantitative estimate of drug-likeness (QED) is 0.678. The van der Waals surface area contributed by atoms with E-state index in [1.807, 2.05) is 31.2 Å². The molecule has 3 nitrogen and oxygen atoms in total. The zero-order chi connectivity index (χ0) is 9.68. The number of benzene rings is 1. The Morgan fingerprint density at radius 1 is 1.38 bits per heavy atom. The Labute approximate surface area is 78.3 Å². The molecule has 0 bridgehead atoms. The van der Waals surface area contributed by atoms with E-state index in [1.165, 1.54) is 5.56 Å². The lowest BCUT2D eigenvalue weighted by Crippen LogP contribution is -2.30. The van der Waals surface area contributed by atoms with Crippen LogP contribution in [0.15, 0.2) is 24.3 Å². The van der Waals surface area contributed by atoms with Crippen LogP contribution in [-0.4, -0.2) is 25.0 Å². The molecule has 0 fully saturated rings. The molecule has 0 spiro atoms.